The summed E-state index contributed by atoms with van der Waals surface area (Å²) in [6.07, 6.45) is 0. The van der Waals surface area contributed by atoms with Gasteiger partial charge in [-0.05, 0) is 165 Å². The molecule has 0 spiro atoms. The van der Waals surface area contributed by atoms with Gasteiger partial charge in [0.05, 0.1) is 21.4 Å². The molecule has 72 heavy (non-hydrogen) atoms. The van der Waals surface area contributed by atoms with Crippen LogP contribution < -0.4 is 0 Å². The maximum absolute atomic E-state index is 5.48. The van der Waals surface area contributed by atoms with Crippen LogP contribution in [0.4, 0.5) is 0 Å². The van der Waals surface area contributed by atoms with E-state index in [1.165, 1.54) is 119 Å². The molecule has 0 saturated heterocycles. The Hall–Kier alpha value is -9.15. The summed E-state index contributed by atoms with van der Waals surface area (Å²) in [5.41, 5.74) is 17.4. The molecule has 15 rings (SSSR count). The van der Waals surface area contributed by atoms with E-state index in [4.69, 9.17) is 4.98 Å². The van der Waals surface area contributed by atoms with Crippen molar-refractivity contribution in [2.45, 2.75) is 0 Å². The number of imidazole rings is 1. The van der Waals surface area contributed by atoms with Crippen LogP contribution in [-0.4, -0.2) is 9.38 Å². The highest BCUT2D eigenvalue weighted by Gasteiger charge is 2.20. The van der Waals surface area contributed by atoms with Gasteiger partial charge in [0, 0.05) is 15.5 Å². The SMILES string of the molecule is c1ccc(-c2cc(-c3ccccc3)cc(-c3ccc(-c4ccc(-c5ccc(-c6cc7c8cc9ccccc9cc8sc7c7nc8cc9cc%10ccccc%10cc9cc8n67)cc5)c5ccccc45)cc3)c2)cc1. The van der Waals surface area contributed by atoms with Crippen LogP contribution in [0.25, 0.3) is 147 Å². The molecule has 12 aromatic carbocycles. The predicted molar refractivity (Wildman–Crippen MR) is 308 cm³/mol. The summed E-state index contributed by atoms with van der Waals surface area (Å²) < 4.78 is 4.90. The van der Waals surface area contributed by atoms with Crippen molar-refractivity contribution in [1.29, 1.82) is 0 Å². The van der Waals surface area contributed by atoms with Crippen molar-refractivity contribution < 1.29 is 0 Å². The highest BCUT2D eigenvalue weighted by Crippen LogP contribution is 2.44. The Bertz CT molecular complexity index is 4570. The third-order valence-electron chi connectivity index (χ3n) is 14.9. The third-order valence-corrected chi connectivity index (χ3v) is 16.1. The first-order valence-corrected chi connectivity index (χ1v) is 25.5. The van der Waals surface area contributed by atoms with Gasteiger partial charge in [-0.25, -0.2) is 4.98 Å². The number of hydrogen-bond acceptors (Lipinski definition) is 2. The van der Waals surface area contributed by atoms with Gasteiger partial charge >= 0.3 is 0 Å². The Kier molecular flexibility index (Phi) is 9.17. The maximum atomic E-state index is 5.48. The van der Waals surface area contributed by atoms with Gasteiger partial charge in [0.15, 0.2) is 5.65 Å². The molecule has 0 atom stereocenters. The maximum Gasteiger partial charge on any atom is 0.156 e. The summed E-state index contributed by atoms with van der Waals surface area (Å²) in [5, 5.41) is 12.4. The molecule has 334 valence electrons. The van der Waals surface area contributed by atoms with Crippen molar-refractivity contribution >= 4 is 91.3 Å². The molecule has 2 nitrogen and oxygen atoms in total. The van der Waals surface area contributed by atoms with Crippen molar-refractivity contribution in [2.75, 3.05) is 0 Å². The highest BCUT2D eigenvalue weighted by atomic mass is 32.1. The number of hydrogen-bond donors (Lipinski definition) is 0. The lowest BCUT2D eigenvalue weighted by Gasteiger charge is -2.14. The van der Waals surface area contributed by atoms with Gasteiger partial charge in [-0.1, -0.05) is 194 Å². The molecule has 0 N–H and O–H groups in total. The Balaban J connectivity index is 0.833. The van der Waals surface area contributed by atoms with Gasteiger partial charge in [-0.15, -0.1) is 11.3 Å². The van der Waals surface area contributed by atoms with Crippen LogP contribution >= 0.6 is 11.3 Å². The lowest BCUT2D eigenvalue weighted by Crippen LogP contribution is -1.93. The lowest BCUT2D eigenvalue weighted by molar-refractivity contribution is 1.25. The number of pyridine rings is 1. The number of thiophene rings is 1. The molecule has 0 aliphatic carbocycles. The molecule has 0 radical (unpaired) electrons. The minimum Gasteiger partial charge on any atom is -0.291 e. The molecule has 0 fully saturated rings. The molecule has 15 aromatic rings. The summed E-state index contributed by atoms with van der Waals surface area (Å²) >= 11 is 1.85. The fourth-order valence-electron chi connectivity index (χ4n) is 11.3. The first-order chi connectivity index (χ1) is 35.6. The number of nitrogens with zero attached hydrogens (tertiary/aromatic N) is 2. The van der Waals surface area contributed by atoms with Crippen molar-refractivity contribution in [3.8, 4) is 66.9 Å². The Morgan fingerprint density at radius 2 is 0.750 bits per heavy atom. The molecule has 0 aliphatic heterocycles. The van der Waals surface area contributed by atoms with Gasteiger partial charge in [-0.2, -0.15) is 0 Å². The molecule has 0 amide bonds. The van der Waals surface area contributed by atoms with Crippen molar-refractivity contribution in [3.05, 3.63) is 255 Å². The third kappa shape index (κ3) is 6.66. The zero-order valence-electron chi connectivity index (χ0n) is 39.1. The van der Waals surface area contributed by atoms with E-state index in [9.17, 15) is 0 Å². The summed E-state index contributed by atoms with van der Waals surface area (Å²) in [5.74, 6) is 0. The van der Waals surface area contributed by atoms with Gasteiger partial charge < -0.3 is 0 Å². The smallest absolute Gasteiger partial charge is 0.156 e. The molecular formula is C69H42N2S. The Morgan fingerprint density at radius 1 is 0.292 bits per heavy atom. The van der Waals surface area contributed by atoms with Crippen LogP contribution in [-0.2, 0) is 0 Å². The van der Waals surface area contributed by atoms with E-state index in [0.717, 1.165) is 27.9 Å². The van der Waals surface area contributed by atoms with Crippen LogP contribution in [0, 0.1) is 0 Å². The van der Waals surface area contributed by atoms with Gasteiger partial charge in [0.1, 0.15) is 0 Å². The summed E-state index contributed by atoms with van der Waals surface area (Å²) in [4.78, 5) is 5.48. The zero-order chi connectivity index (χ0) is 47.3. The normalized spacial score (nSPS) is 11.9. The molecular weight excluding hydrogens is 889 g/mol. The molecule has 3 heteroatoms. The molecule has 3 heterocycles. The van der Waals surface area contributed by atoms with Crippen LogP contribution in [0.1, 0.15) is 0 Å². The van der Waals surface area contributed by atoms with Gasteiger partial charge in [0.25, 0.3) is 0 Å². The van der Waals surface area contributed by atoms with E-state index in [1.54, 1.807) is 0 Å². The molecule has 0 saturated carbocycles. The first kappa shape index (κ1) is 40.7. The highest BCUT2D eigenvalue weighted by molar-refractivity contribution is 7.26. The number of aromatic nitrogens is 2. The second kappa shape index (κ2) is 16.2. The molecule has 3 aromatic heterocycles. The van der Waals surface area contributed by atoms with Crippen molar-refractivity contribution in [2.24, 2.45) is 0 Å². The predicted octanol–water partition coefficient (Wildman–Crippen LogP) is 19.5. The Morgan fingerprint density at radius 3 is 1.32 bits per heavy atom. The van der Waals surface area contributed by atoms with Gasteiger partial charge in [-0.3, -0.25) is 4.40 Å². The first-order valence-electron chi connectivity index (χ1n) is 24.7. The summed E-state index contributed by atoms with van der Waals surface area (Å²) in [6, 6.07) is 93.8. The monoisotopic (exact) mass is 930 g/mol. The molecule has 0 aliphatic rings. The van der Waals surface area contributed by atoms with E-state index < -0.39 is 0 Å². The largest absolute Gasteiger partial charge is 0.291 e. The van der Waals surface area contributed by atoms with Gasteiger partial charge in [0.2, 0.25) is 0 Å². The van der Waals surface area contributed by atoms with Crippen LogP contribution in [0.2, 0.25) is 0 Å². The quantitative estimate of drug-likeness (QED) is 0.152. The average Bonchev–Trinajstić information content (AvgIpc) is 4.00. The van der Waals surface area contributed by atoms with Crippen LogP contribution in [0.3, 0.4) is 0 Å². The van der Waals surface area contributed by atoms with E-state index >= 15 is 0 Å². The van der Waals surface area contributed by atoms with E-state index in [0.29, 0.717) is 0 Å². The topological polar surface area (TPSA) is 17.3 Å². The molecule has 0 unspecified atom stereocenters. The zero-order valence-corrected chi connectivity index (χ0v) is 39.9. The standard InChI is InChI=1S/C69H42N2S/c1-3-13-43(14-4-1)53-35-54(44-15-5-2-6-16-44)37-55(36-53)45-23-25-46(26-24-45)58-31-32-59(61-22-12-11-21-60(58)61)47-27-29-48(30-28-47)65-42-63-62-38-51-19-9-10-20-52(51)41-67(62)72-68(63)69-70-64-39-56-33-49-17-7-8-18-50(49)34-57(56)40-66(64)71(65)69/h1-42H. The van der Waals surface area contributed by atoms with Crippen LogP contribution in [0.15, 0.2) is 255 Å². The minimum atomic E-state index is 0.999. The van der Waals surface area contributed by atoms with E-state index in [1.807, 2.05) is 11.3 Å². The summed E-state index contributed by atoms with van der Waals surface area (Å²) in [7, 11) is 0. The van der Waals surface area contributed by atoms with Crippen LogP contribution in [0.5, 0.6) is 0 Å². The number of rotatable bonds is 6. The second-order valence-corrected chi connectivity index (χ2v) is 20.2. The minimum absolute atomic E-state index is 0.999. The Labute approximate surface area is 420 Å². The van der Waals surface area contributed by atoms with E-state index in [-0.39, 0.29) is 0 Å². The second-order valence-electron chi connectivity index (χ2n) is 19.1. The number of fused-ring (bicyclic) bond motifs is 11. The lowest BCUT2D eigenvalue weighted by atomic mass is 9.90. The fourth-order valence-corrected chi connectivity index (χ4v) is 12.5. The number of benzene rings is 12. The van der Waals surface area contributed by atoms with Crippen molar-refractivity contribution in [3.63, 3.8) is 0 Å². The average molecular weight is 931 g/mol. The fraction of sp³-hybridized carbons (Fsp3) is 0. The van der Waals surface area contributed by atoms with Crippen molar-refractivity contribution in [1.82, 2.24) is 9.38 Å². The molecule has 0 bridgehead atoms. The van der Waals surface area contributed by atoms with E-state index in [2.05, 4.69) is 259 Å². The summed E-state index contributed by atoms with van der Waals surface area (Å²) in [6.45, 7) is 0.